The minimum atomic E-state index is -1.04. The summed E-state index contributed by atoms with van der Waals surface area (Å²) in [6, 6.07) is 8.32. The predicted molar refractivity (Wildman–Crippen MR) is 73.6 cm³/mol. The number of aromatic nitrogens is 2. The Bertz CT molecular complexity index is 792. The predicted octanol–water partition coefficient (Wildman–Crippen LogP) is 2.09. The molecule has 0 aliphatic heterocycles. The Morgan fingerprint density at radius 3 is 2.86 bits per heavy atom. The zero-order valence-corrected chi connectivity index (χ0v) is 11.2. The number of hydrogen-bond donors (Lipinski definition) is 1. The van der Waals surface area contributed by atoms with E-state index in [9.17, 15) is 9.90 Å². The summed E-state index contributed by atoms with van der Waals surface area (Å²) in [7, 11) is 1.27. The molecule has 1 atom stereocenters. The van der Waals surface area contributed by atoms with E-state index in [0.29, 0.717) is 16.6 Å². The number of rotatable bonds is 3. The fraction of sp³-hybridized carbons (Fsp3) is 0.133. The van der Waals surface area contributed by atoms with Crippen LogP contribution in [0.3, 0.4) is 0 Å². The highest BCUT2D eigenvalue weighted by Gasteiger charge is 2.20. The van der Waals surface area contributed by atoms with E-state index in [1.807, 2.05) is 0 Å². The number of para-hydroxylation sites is 1. The van der Waals surface area contributed by atoms with Gasteiger partial charge < -0.3 is 14.3 Å². The molecule has 2 aromatic heterocycles. The summed E-state index contributed by atoms with van der Waals surface area (Å²) in [5.74, 6) is -0.308. The van der Waals surface area contributed by atoms with E-state index in [1.165, 1.54) is 19.2 Å². The Morgan fingerprint density at radius 2 is 2.05 bits per heavy atom. The number of hydrogen-bond acceptors (Lipinski definition) is 6. The van der Waals surface area contributed by atoms with E-state index >= 15 is 0 Å². The lowest BCUT2D eigenvalue weighted by molar-refractivity contribution is 0.0558. The van der Waals surface area contributed by atoms with Gasteiger partial charge in [0.1, 0.15) is 11.9 Å². The van der Waals surface area contributed by atoms with Crippen molar-refractivity contribution < 1.29 is 19.1 Å². The molecule has 6 nitrogen and oxygen atoms in total. The number of carbonyl (C=O) groups is 1. The van der Waals surface area contributed by atoms with Crippen LogP contribution >= 0.6 is 0 Å². The second-order valence-electron chi connectivity index (χ2n) is 4.37. The molecule has 21 heavy (non-hydrogen) atoms. The summed E-state index contributed by atoms with van der Waals surface area (Å²) in [5, 5.41) is 10.4. The number of furan rings is 1. The monoisotopic (exact) mass is 284 g/mol. The van der Waals surface area contributed by atoms with Crippen LogP contribution in [0.4, 0.5) is 0 Å². The molecule has 3 aromatic rings. The van der Waals surface area contributed by atoms with Crippen LogP contribution in [0, 0.1) is 0 Å². The lowest BCUT2D eigenvalue weighted by Crippen LogP contribution is -2.02. The Labute approximate surface area is 120 Å². The van der Waals surface area contributed by atoms with Crippen LogP contribution in [-0.2, 0) is 4.74 Å². The van der Waals surface area contributed by atoms with Crippen molar-refractivity contribution in [3.8, 4) is 0 Å². The van der Waals surface area contributed by atoms with Crippen LogP contribution in [0.25, 0.3) is 11.0 Å². The maximum Gasteiger partial charge on any atom is 0.373 e. The summed E-state index contributed by atoms with van der Waals surface area (Å²) in [5.41, 5.74) is 1.82. The zero-order valence-electron chi connectivity index (χ0n) is 11.2. The van der Waals surface area contributed by atoms with E-state index in [0.717, 1.165) is 0 Å². The molecule has 0 bridgehead atoms. The number of ether oxygens (including phenoxy) is 1. The normalized spacial score (nSPS) is 12.3. The number of esters is 1. The first kappa shape index (κ1) is 13.3. The van der Waals surface area contributed by atoms with Crippen molar-refractivity contribution in [3.63, 3.8) is 0 Å². The van der Waals surface area contributed by atoms with Crippen LogP contribution in [-0.4, -0.2) is 28.2 Å². The van der Waals surface area contributed by atoms with Crippen molar-refractivity contribution >= 4 is 17.0 Å². The lowest BCUT2D eigenvalue weighted by atomic mass is 10.1. The third-order valence-electron chi connectivity index (χ3n) is 3.11. The Morgan fingerprint density at radius 1 is 1.24 bits per heavy atom. The summed E-state index contributed by atoms with van der Waals surface area (Å²) >= 11 is 0. The van der Waals surface area contributed by atoms with Gasteiger partial charge in [-0.2, -0.15) is 0 Å². The number of methoxy groups -OCH3 is 1. The number of aliphatic hydroxyl groups is 1. The van der Waals surface area contributed by atoms with Gasteiger partial charge >= 0.3 is 5.97 Å². The molecule has 0 radical (unpaired) electrons. The van der Waals surface area contributed by atoms with E-state index in [1.54, 1.807) is 30.6 Å². The van der Waals surface area contributed by atoms with Gasteiger partial charge in [-0.1, -0.05) is 12.1 Å². The molecule has 0 amide bonds. The molecule has 3 rings (SSSR count). The van der Waals surface area contributed by atoms with E-state index < -0.39 is 12.1 Å². The van der Waals surface area contributed by atoms with Crippen LogP contribution in [0.2, 0.25) is 0 Å². The molecular formula is C15H12N2O4. The van der Waals surface area contributed by atoms with Crippen molar-refractivity contribution in [2.75, 3.05) is 7.11 Å². The minimum absolute atomic E-state index is 0.0397. The molecule has 0 aliphatic carbocycles. The molecule has 1 unspecified atom stereocenters. The van der Waals surface area contributed by atoms with Crippen LogP contribution in [0.15, 0.2) is 47.1 Å². The fourth-order valence-corrected chi connectivity index (χ4v) is 2.10. The maximum atomic E-state index is 11.4. The van der Waals surface area contributed by atoms with Gasteiger partial charge in [0.15, 0.2) is 0 Å². The molecule has 6 heteroatoms. The average molecular weight is 284 g/mol. The molecule has 0 fully saturated rings. The SMILES string of the molecule is COC(=O)c1ccc(C(O)c2cccc3nccnc23)o1. The highest BCUT2D eigenvalue weighted by atomic mass is 16.5. The van der Waals surface area contributed by atoms with Gasteiger partial charge in [0.05, 0.1) is 18.1 Å². The van der Waals surface area contributed by atoms with Gasteiger partial charge in [0, 0.05) is 18.0 Å². The van der Waals surface area contributed by atoms with Crippen LogP contribution in [0.5, 0.6) is 0 Å². The van der Waals surface area contributed by atoms with Gasteiger partial charge in [-0.15, -0.1) is 0 Å². The topological polar surface area (TPSA) is 85.5 Å². The largest absolute Gasteiger partial charge is 0.463 e. The van der Waals surface area contributed by atoms with Crippen molar-refractivity contribution in [1.82, 2.24) is 9.97 Å². The molecule has 1 aromatic carbocycles. The first-order valence-electron chi connectivity index (χ1n) is 6.26. The molecule has 106 valence electrons. The van der Waals surface area contributed by atoms with Gasteiger partial charge in [-0.05, 0) is 18.2 Å². The maximum absolute atomic E-state index is 11.4. The number of benzene rings is 1. The fourth-order valence-electron chi connectivity index (χ4n) is 2.10. The molecule has 0 aliphatic rings. The third kappa shape index (κ3) is 2.36. The van der Waals surface area contributed by atoms with E-state index in [2.05, 4.69) is 14.7 Å². The second-order valence-corrected chi connectivity index (χ2v) is 4.37. The number of nitrogens with zero attached hydrogens (tertiary/aromatic N) is 2. The Hall–Kier alpha value is -2.73. The van der Waals surface area contributed by atoms with E-state index in [-0.39, 0.29) is 11.5 Å². The van der Waals surface area contributed by atoms with Gasteiger partial charge in [-0.25, -0.2) is 4.79 Å². The van der Waals surface area contributed by atoms with Crippen molar-refractivity contribution in [1.29, 1.82) is 0 Å². The first-order chi connectivity index (χ1) is 10.2. The molecule has 0 saturated carbocycles. The Kier molecular flexibility index (Phi) is 3.37. The summed E-state index contributed by atoms with van der Waals surface area (Å²) in [4.78, 5) is 19.8. The van der Waals surface area contributed by atoms with Crippen LogP contribution < -0.4 is 0 Å². The van der Waals surface area contributed by atoms with Gasteiger partial charge in [0.25, 0.3) is 0 Å². The molecule has 0 saturated heterocycles. The quantitative estimate of drug-likeness (QED) is 0.741. The summed E-state index contributed by atoms with van der Waals surface area (Å²) in [6.07, 6.45) is 2.10. The molecule has 2 heterocycles. The number of carbonyl (C=O) groups excluding carboxylic acids is 1. The van der Waals surface area contributed by atoms with Crippen molar-refractivity contribution in [3.05, 3.63) is 59.8 Å². The zero-order chi connectivity index (χ0) is 14.8. The van der Waals surface area contributed by atoms with E-state index in [4.69, 9.17) is 4.42 Å². The van der Waals surface area contributed by atoms with Gasteiger partial charge in [0.2, 0.25) is 5.76 Å². The highest BCUT2D eigenvalue weighted by molar-refractivity contribution is 5.86. The standard InChI is InChI=1S/C15H12N2O4/c1-20-15(19)12-6-5-11(21-12)14(18)9-3-2-4-10-13(9)17-8-7-16-10/h2-8,14,18H,1H3. The molecule has 1 N–H and O–H groups in total. The second kappa shape index (κ2) is 5.34. The van der Waals surface area contributed by atoms with Crippen LogP contribution in [0.1, 0.15) is 28.0 Å². The average Bonchev–Trinajstić information content (AvgIpc) is 3.03. The molecule has 0 spiro atoms. The highest BCUT2D eigenvalue weighted by Crippen LogP contribution is 2.28. The minimum Gasteiger partial charge on any atom is -0.463 e. The van der Waals surface area contributed by atoms with Crippen molar-refractivity contribution in [2.24, 2.45) is 0 Å². The van der Waals surface area contributed by atoms with Crippen molar-refractivity contribution in [2.45, 2.75) is 6.10 Å². The lowest BCUT2D eigenvalue weighted by Gasteiger charge is -2.10. The summed E-state index contributed by atoms with van der Waals surface area (Å²) in [6.45, 7) is 0. The third-order valence-corrected chi connectivity index (χ3v) is 3.11. The number of fused-ring (bicyclic) bond motifs is 1. The number of aliphatic hydroxyl groups excluding tert-OH is 1. The summed E-state index contributed by atoms with van der Waals surface area (Å²) < 4.78 is 9.90. The molecular weight excluding hydrogens is 272 g/mol. The smallest absolute Gasteiger partial charge is 0.373 e. The van der Waals surface area contributed by atoms with Gasteiger partial charge in [-0.3, -0.25) is 9.97 Å². The first-order valence-corrected chi connectivity index (χ1v) is 6.26. The Balaban J connectivity index is 2.02.